The van der Waals surface area contributed by atoms with E-state index in [-0.39, 0.29) is 6.10 Å². The number of nitrogens with zero attached hydrogens (tertiary/aromatic N) is 7. The number of benzene rings is 1. The lowest BCUT2D eigenvalue weighted by molar-refractivity contribution is 0.0593. The number of hydrogen-bond acceptors (Lipinski definition) is 7. The van der Waals surface area contributed by atoms with Crippen LogP contribution >= 0.6 is 0 Å². The van der Waals surface area contributed by atoms with Gasteiger partial charge in [-0.25, -0.2) is 0 Å². The lowest BCUT2D eigenvalue weighted by Gasteiger charge is -2.35. The molecule has 0 aliphatic carbocycles. The fourth-order valence-corrected chi connectivity index (χ4v) is 4.49. The van der Waals surface area contributed by atoms with Crippen molar-refractivity contribution in [2.24, 2.45) is 0 Å². The summed E-state index contributed by atoms with van der Waals surface area (Å²) in [7, 11) is 0. The lowest BCUT2D eigenvalue weighted by Crippen LogP contribution is -2.46. The Morgan fingerprint density at radius 2 is 1.67 bits per heavy atom. The van der Waals surface area contributed by atoms with Gasteiger partial charge in [0.25, 0.3) is 0 Å². The maximum absolute atomic E-state index is 6.04. The lowest BCUT2D eigenvalue weighted by atomic mass is 10.1. The minimum atomic E-state index is 0.269. The van der Waals surface area contributed by atoms with Crippen molar-refractivity contribution in [1.29, 1.82) is 0 Å². The van der Waals surface area contributed by atoms with Crippen LogP contribution in [-0.2, 0) is 4.74 Å². The molecule has 2 aromatic heterocycles. The standard InChI is InChI=1S/C25H31N7O/c1-21-26-27-24-9-10-25(28-32(21)24)31-14-11-23(12-15-31)33-20-6-5-13-29-16-18-30(19-17-29)22-7-3-2-4-8-22/h2-4,7-10,23H,11-20H2,1H3. The van der Waals surface area contributed by atoms with Gasteiger partial charge in [-0.1, -0.05) is 30.0 Å². The summed E-state index contributed by atoms with van der Waals surface area (Å²) in [6, 6.07) is 14.6. The molecule has 2 aliphatic heterocycles. The summed E-state index contributed by atoms with van der Waals surface area (Å²) in [6.45, 7) is 9.34. The molecular weight excluding hydrogens is 414 g/mol. The van der Waals surface area contributed by atoms with Crippen LogP contribution in [0.1, 0.15) is 18.7 Å². The summed E-state index contributed by atoms with van der Waals surface area (Å²) in [4.78, 5) is 7.17. The van der Waals surface area contributed by atoms with E-state index in [1.165, 1.54) is 5.69 Å². The second kappa shape index (κ2) is 10.2. The van der Waals surface area contributed by atoms with E-state index < -0.39 is 0 Å². The van der Waals surface area contributed by atoms with E-state index >= 15 is 0 Å². The summed E-state index contributed by atoms with van der Waals surface area (Å²) < 4.78 is 7.84. The van der Waals surface area contributed by atoms with Crippen molar-refractivity contribution in [3.8, 4) is 11.8 Å². The molecule has 8 heteroatoms. The molecule has 3 aromatic rings. The zero-order chi connectivity index (χ0) is 22.5. The van der Waals surface area contributed by atoms with Crippen molar-refractivity contribution < 1.29 is 4.74 Å². The second-order valence-electron chi connectivity index (χ2n) is 8.66. The number of aryl methyl sites for hydroxylation is 1. The number of rotatable bonds is 5. The van der Waals surface area contributed by atoms with Crippen LogP contribution in [0.3, 0.4) is 0 Å². The Kier molecular flexibility index (Phi) is 6.70. The van der Waals surface area contributed by atoms with Gasteiger partial charge < -0.3 is 14.5 Å². The highest BCUT2D eigenvalue weighted by Crippen LogP contribution is 2.20. The number of ether oxygens (including phenoxy) is 1. The molecule has 0 bridgehead atoms. The van der Waals surface area contributed by atoms with Gasteiger partial charge >= 0.3 is 0 Å². The third-order valence-electron chi connectivity index (χ3n) is 6.48. The average Bonchev–Trinajstić information content (AvgIpc) is 3.25. The topological polar surface area (TPSA) is 62.0 Å². The molecule has 0 saturated carbocycles. The third-order valence-corrected chi connectivity index (χ3v) is 6.48. The monoisotopic (exact) mass is 445 g/mol. The number of piperidine rings is 1. The minimum Gasteiger partial charge on any atom is -0.369 e. The molecule has 0 N–H and O–H groups in total. The van der Waals surface area contributed by atoms with E-state index in [1.54, 1.807) is 4.52 Å². The number of piperazine rings is 1. The van der Waals surface area contributed by atoms with Gasteiger partial charge in [-0.05, 0) is 44.0 Å². The largest absolute Gasteiger partial charge is 0.369 e. The second-order valence-corrected chi connectivity index (χ2v) is 8.66. The molecule has 1 aromatic carbocycles. The Bertz CT molecular complexity index is 1100. The first-order chi connectivity index (χ1) is 16.3. The third kappa shape index (κ3) is 5.27. The SMILES string of the molecule is Cc1nnc2ccc(N3CCC(OCC#CCN4CCN(c5ccccc5)CC4)CC3)nn12. The van der Waals surface area contributed by atoms with Crippen molar-refractivity contribution in [3.05, 3.63) is 48.3 Å². The highest BCUT2D eigenvalue weighted by Gasteiger charge is 2.21. The van der Waals surface area contributed by atoms with Crippen LogP contribution in [0.2, 0.25) is 0 Å². The normalized spacial score (nSPS) is 17.8. The molecule has 4 heterocycles. The molecule has 0 spiro atoms. The Labute approximate surface area is 195 Å². The van der Waals surface area contributed by atoms with Gasteiger partial charge in [-0.3, -0.25) is 4.90 Å². The van der Waals surface area contributed by atoms with Crippen molar-refractivity contribution in [2.75, 3.05) is 62.2 Å². The van der Waals surface area contributed by atoms with E-state index in [4.69, 9.17) is 4.74 Å². The van der Waals surface area contributed by atoms with Crippen LogP contribution in [-0.4, -0.2) is 83.2 Å². The number of fused-ring (bicyclic) bond motifs is 1. The summed E-state index contributed by atoms with van der Waals surface area (Å²) in [5.41, 5.74) is 2.10. The first-order valence-corrected chi connectivity index (χ1v) is 11.8. The van der Waals surface area contributed by atoms with Crippen LogP contribution < -0.4 is 9.80 Å². The molecule has 2 fully saturated rings. The maximum Gasteiger partial charge on any atom is 0.178 e. The average molecular weight is 446 g/mol. The summed E-state index contributed by atoms with van der Waals surface area (Å²) >= 11 is 0. The van der Waals surface area contributed by atoms with E-state index in [0.29, 0.717) is 6.61 Å². The molecule has 172 valence electrons. The van der Waals surface area contributed by atoms with E-state index in [1.807, 2.05) is 19.1 Å². The fraction of sp³-hybridized carbons (Fsp3) is 0.480. The van der Waals surface area contributed by atoms with Gasteiger partial charge in [0.1, 0.15) is 12.4 Å². The van der Waals surface area contributed by atoms with Crippen LogP contribution in [0.25, 0.3) is 5.65 Å². The molecule has 0 amide bonds. The highest BCUT2D eigenvalue weighted by atomic mass is 16.5. The number of para-hydroxylation sites is 1. The zero-order valence-electron chi connectivity index (χ0n) is 19.2. The van der Waals surface area contributed by atoms with Crippen molar-refractivity contribution in [2.45, 2.75) is 25.9 Å². The van der Waals surface area contributed by atoms with Crippen LogP contribution in [0.4, 0.5) is 11.5 Å². The van der Waals surface area contributed by atoms with Gasteiger partial charge in [-0.2, -0.15) is 4.52 Å². The van der Waals surface area contributed by atoms with E-state index in [2.05, 4.69) is 72.2 Å². The molecule has 5 rings (SSSR count). The highest BCUT2D eigenvalue weighted by molar-refractivity contribution is 5.47. The summed E-state index contributed by atoms with van der Waals surface area (Å²) in [6.07, 6.45) is 2.25. The Morgan fingerprint density at radius 3 is 2.45 bits per heavy atom. The molecule has 33 heavy (non-hydrogen) atoms. The van der Waals surface area contributed by atoms with Gasteiger partial charge in [0.2, 0.25) is 0 Å². The number of hydrogen-bond donors (Lipinski definition) is 0. The van der Waals surface area contributed by atoms with Crippen LogP contribution in [0.15, 0.2) is 42.5 Å². The minimum absolute atomic E-state index is 0.269. The molecule has 2 aliphatic rings. The van der Waals surface area contributed by atoms with Crippen LogP contribution in [0.5, 0.6) is 0 Å². The molecule has 8 nitrogen and oxygen atoms in total. The van der Waals surface area contributed by atoms with Crippen molar-refractivity contribution >= 4 is 17.2 Å². The number of aromatic nitrogens is 4. The summed E-state index contributed by atoms with van der Waals surface area (Å²) in [5, 5.41) is 12.9. The first-order valence-electron chi connectivity index (χ1n) is 11.8. The predicted octanol–water partition coefficient (Wildman–Crippen LogP) is 2.24. The van der Waals surface area contributed by atoms with Gasteiger partial charge in [0, 0.05) is 45.0 Å². The molecule has 0 unspecified atom stereocenters. The Morgan fingerprint density at radius 1 is 0.879 bits per heavy atom. The summed E-state index contributed by atoms with van der Waals surface area (Å²) in [5.74, 6) is 8.30. The van der Waals surface area contributed by atoms with Gasteiger partial charge in [0.15, 0.2) is 11.5 Å². The quantitative estimate of drug-likeness (QED) is 0.558. The molecule has 0 atom stereocenters. The Balaban J connectivity index is 1.01. The molecular formula is C25H31N7O. The maximum atomic E-state index is 6.04. The predicted molar refractivity (Wildman–Crippen MR) is 130 cm³/mol. The zero-order valence-corrected chi connectivity index (χ0v) is 19.2. The smallest absolute Gasteiger partial charge is 0.178 e. The van der Waals surface area contributed by atoms with Gasteiger partial charge in [0.05, 0.1) is 12.6 Å². The number of anilines is 2. The van der Waals surface area contributed by atoms with Gasteiger partial charge in [-0.15, -0.1) is 15.3 Å². The molecule has 0 radical (unpaired) electrons. The fourth-order valence-electron chi connectivity index (χ4n) is 4.49. The van der Waals surface area contributed by atoms with Crippen LogP contribution in [0, 0.1) is 18.8 Å². The van der Waals surface area contributed by atoms with Crippen molar-refractivity contribution in [3.63, 3.8) is 0 Å². The van der Waals surface area contributed by atoms with Crippen molar-refractivity contribution in [1.82, 2.24) is 24.7 Å². The van der Waals surface area contributed by atoms with E-state index in [9.17, 15) is 0 Å². The first kappa shape index (κ1) is 21.7. The van der Waals surface area contributed by atoms with E-state index in [0.717, 1.165) is 75.9 Å². The molecule has 2 saturated heterocycles. The Hall–Kier alpha value is -3.15.